The van der Waals surface area contributed by atoms with Crippen LogP contribution in [-0.4, -0.2) is 10.9 Å². The largest absolute Gasteiger partial charge is 0.399 e. The second-order valence-electron chi connectivity index (χ2n) is 6.59. The Balaban J connectivity index is 2.00. The quantitative estimate of drug-likeness (QED) is 0.837. The number of hydrogen-bond donors (Lipinski definition) is 2. The predicted octanol–water partition coefficient (Wildman–Crippen LogP) is 3.10. The van der Waals surface area contributed by atoms with E-state index in [1.54, 1.807) is 0 Å². The van der Waals surface area contributed by atoms with Gasteiger partial charge in [0.2, 0.25) is 5.91 Å². The van der Waals surface area contributed by atoms with Crippen molar-refractivity contribution in [3.63, 3.8) is 0 Å². The predicted molar refractivity (Wildman–Crippen MR) is 89.0 cm³/mol. The Hall–Kier alpha value is -2.36. The zero-order valence-corrected chi connectivity index (χ0v) is 13.4. The summed E-state index contributed by atoms with van der Waals surface area (Å²) in [7, 11) is 0. The number of amides is 1. The minimum Gasteiger partial charge on any atom is -0.399 e. The Kier molecular flexibility index (Phi) is 3.20. The highest BCUT2D eigenvalue weighted by molar-refractivity contribution is 6.04. The molecule has 1 aromatic heterocycles. The summed E-state index contributed by atoms with van der Waals surface area (Å²) in [6.07, 6.45) is 0.746. The van der Waals surface area contributed by atoms with Crippen LogP contribution in [0.25, 0.3) is 0 Å². The second-order valence-corrected chi connectivity index (χ2v) is 6.59. The molecule has 0 atom stereocenters. The lowest BCUT2D eigenvalue weighted by atomic mass is 9.90. The lowest BCUT2D eigenvalue weighted by Gasteiger charge is -2.15. The molecule has 0 unspecified atom stereocenters. The van der Waals surface area contributed by atoms with Crippen LogP contribution in [0.1, 0.15) is 41.9 Å². The zero-order chi connectivity index (χ0) is 16.1. The van der Waals surface area contributed by atoms with Crippen LogP contribution in [0, 0.1) is 13.8 Å². The second kappa shape index (κ2) is 4.83. The van der Waals surface area contributed by atoms with Crippen molar-refractivity contribution in [2.45, 2.75) is 39.5 Å². The van der Waals surface area contributed by atoms with E-state index in [1.807, 2.05) is 38.1 Å². The first-order chi connectivity index (χ1) is 10.3. The molecule has 22 heavy (non-hydrogen) atoms. The normalized spacial score (nSPS) is 15.5. The highest BCUT2D eigenvalue weighted by atomic mass is 16.2. The fraction of sp³-hybridized carbons (Fsp3) is 0.333. The van der Waals surface area contributed by atoms with Crippen LogP contribution >= 0.6 is 0 Å². The Labute approximate surface area is 130 Å². The van der Waals surface area contributed by atoms with Crippen molar-refractivity contribution in [2.75, 3.05) is 11.1 Å². The molecule has 1 aliphatic rings. The van der Waals surface area contributed by atoms with Gasteiger partial charge in [-0.15, -0.1) is 0 Å². The lowest BCUT2D eigenvalue weighted by molar-refractivity contribution is -0.119. The van der Waals surface area contributed by atoms with Gasteiger partial charge in [-0.25, -0.2) is 0 Å². The fourth-order valence-electron chi connectivity index (χ4n) is 3.05. The molecular formula is C18H21N3O. The maximum absolute atomic E-state index is 12.0. The molecule has 3 rings (SSSR count). The number of nitrogens with two attached hydrogens (primary N) is 1. The third-order valence-corrected chi connectivity index (χ3v) is 4.44. The van der Waals surface area contributed by atoms with Crippen molar-refractivity contribution in [1.82, 2.24) is 4.98 Å². The topological polar surface area (TPSA) is 68.0 Å². The van der Waals surface area contributed by atoms with E-state index >= 15 is 0 Å². The number of nitrogens with one attached hydrogen (secondary N) is 1. The minimum absolute atomic E-state index is 0.00648. The fourth-order valence-corrected chi connectivity index (χ4v) is 3.05. The third-order valence-electron chi connectivity index (χ3n) is 4.44. The molecular weight excluding hydrogens is 274 g/mol. The molecule has 114 valence electrons. The van der Waals surface area contributed by atoms with Gasteiger partial charge in [0.25, 0.3) is 0 Å². The molecule has 4 nitrogen and oxygen atoms in total. The number of anilines is 2. The maximum Gasteiger partial charge on any atom is 0.236 e. The van der Waals surface area contributed by atoms with E-state index in [-0.39, 0.29) is 5.91 Å². The number of fused-ring (bicyclic) bond motifs is 1. The molecule has 1 aromatic carbocycles. The molecule has 1 amide bonds. The Morgan fingerprint density at radius 3 is 2.45 bits per heavy atom. The molecule has 1 aliphatic heterocycles. The average Bonchev–Trinajstić information content (AvgIpc) is 2.65. The molecule has 0 aliphatic carbocycles. The van der Waals surface area contributed by atoms with Gasteiger partial charge in [-0.1, -0.05) is 0 Å². The standard InChI is InChI=1S/C18H21N3O/c1-10-7-12(19)8-11(2)14(10)9-13-5-6-15-16(20-13)18(3,4)17(22)21-15/h5-8H,9,19H2,1-4H3,(H,21,22). The Bertz CT molecular complexity index is 755. The number of pyridine rings is 1. The van der Waals surface area contributed by atoms with Crippen molar-refractivity contribution in [3.8, 4) is 0 Å². The molecule has 3 N–H and O–H groups in total. The highest BCUT2D eigenvalue weighted by Crippen LogP contribution is 2.36. The molecule has 2 aromatic rings. The number of nitrogen functional groups attached to an aromatic ring is 1. The van der Waals surface area contributed by atoms with Crippen LogP contribution < -0.4 is 11.1 Å². The molecule has 0 fully saturated rings. The van der Waals surface area contributed by atoms with Gasteiger partial charge in [0.15, 0.2) is 0 Å². The highest BCUT2D eigenvalue weighted by Gasteiger charge is 2.39. The maximum atomic E-state index is 12.0. The van der Waals surface area contributed by atoms with Crippen LogP contribution in [0.4, 0.5) is 11.4 Å². The summed E-state index contributed by atoms with van der Waals surface area (Å²) in [5.74, 6) is 0.00648. The summed E-state index contributed by atoms with van der Waals surface area (Å²) in [4.78, 5) is 16.7. The summed E-state index contributed by atoms with van der Waals surface area (Å²) < 4.78 is 0. The lowest BCUT2D eigenvalue weighted by Crippen LogP contribution is -2.27. The Morgan fingerprint density at radius 1 is 1.18 bits per heavy atom. The first-order valence-corrected chi connectivity index (χ1v) is 7.46. The Morgan fingerprint density at radius 2 is 1.82 bits per heavy atom. The van der Waals surface area contributed by atoms with E-state index in [0.29, 0.717) is 0 Å². The van der Waals surface area contributed by atoms with Crippen molar-refractivity contribution >= 4 is 17.3 Å². The monoisotopic (exact) mass is 295 g/mol. The molecule has 4 heteroatoms. The molecule has 2 heterocycles. The van der Waals surface area contributed by atoms with Crippen LogP contribution in [0.15, 0.2) is 24.3 Å². The number of nitrogens with zero attached hydrogens (tertiary/aromatic N) is 1. The van der Waals surface area contributed by atoms with Gasteiger partial charge < -0.3 is 11.1 Å². The number of aromatic nitrogens is 1. The summed E-state index contributed by atoms with van der Waals surface area (Å²) in [5, 5.41) is 2.89. The number of rotatable bonds is 2. The minimum atomic E-state index is -0.573. The third kappa shape index (κ3) is 2.25. The number of hydrogen-bond acceptors (Lipinski definition) is 3. The van der Waals surface area contributed by atoms with Crippen LogP contribution in [-0.2, 0) is 16.6 Å². The van der Waals surface area contributed by atoms with E-state index in [9.17, 15) is 4.79 Å². The SMILES string of the molecule is Cc1cc(N)cc(C)c1Cc1ccc2c(n1)C(C)(C)C(=O)N2. The van der Waals surface area contributed by atoms with Gasteiger partial charge in [-0.2, -0.15) is 0 Å². The first-order valence-electron chi connectivity index (χ1n) is 7.46. The van der Waals surface area contributed by atoms with Gasteiger partial charge in [0, 0.05) is 17.8 Å². The smallest absolute Gasteiger partial charge is 0.236 e. The summed E-state index contributed by atoms with van der Waals surface area (Å²) in [6.45, 7) is 7.96. The van der Waals surface area contributed by atoms with Crippen molar-refractivity contribution in [3.05, 3.63) is 52.3 Å². The number of carbonyl (C=O) groups excluding carboxylic acids is 1. The van der Waals surface area contributed by atoms with Crippen molar-refractivity contribution < 1.29 is 4.79 Å². The molecule has 0 bridgehead atoms. The van der Waals surface area contributed by atoms with E-state index in [1.165, 1.54) is 16.7 Å². The van der Waals surface area contributed by atoms with E-state index in [4.69, 9.17) is 10.7 Å². The number of carbonyl (C=O) groups is 1. The van der Waals surface area contributed by atoms with E-state index in [0.717, 1.165) is 29.2 Å². The van der Waals surface area contributed by atoms with Gasteiger partial charge in [0.05, 0.1) is 16.8 Å². The zero-order valence-electron chi connectivity index (χ0n) is 13.4. The van der Waals surface area contributed by atoms with Crippen LogP contribution in [0.5, 0.6) is 0 Å². The molecule has 0 saturated carbocycles. The summed E-state index contributed by atoms with van der Waals surface area (Å²) >= 11 is 0. The van der Waals surface area contributed by atoms with Crippen LogP contribution in [0.3, 0.4) is 0 Å². The van der Waals surface area contributed by atoms with Crippen molar-refractivity contribution in [2.24, 2.45) is 0 Å². The van der Waals surface area contributed by atoms with Gasteiger partial charge in [0.1, 0.15) is 0 Å². The van der Waals surface area contributed by atoms with Crippen LogP contribution in [0.2, 0.25) is 0 Å². The summed E-state index contributed by atoms with van der Waals surface area (Å²) in [5.41, 5.74) is 12.3. The van der Waals surface area contributed by atoms with Gasteiger partial charge >= 0.3 is 0 Å². The average molecular weight is 295 g/mol. The van der Waals surface area contributed by atoms with Gasteiger partial charge in [-0.3, -0.25) is 9.78 Å². The van der Waals surface area contributed by atoms with Gasteiger partial charge in [-0.05, 0) is 68.7 Å². The van der Waals surface area contributed by atoms with Crippen molar-refractivity contribution in [1.29, 1.82) is 0 Å². The first kappa shape index (κ1) is 14.6. The van der Waals surface area contributed by atoms with E-state index < -0.39 is 5.41 Å². The number of aryl methyl sites for hydroxylation is 2. The molecule has 0 saturated heterocycles. The molecule has 0 spiro atoms. The number of benzene rings is 1. The molecule has 0 radical (unpaired) electrons. The van der Waals surface area contributed by atoms with E-state index in [2.05, 4.69) is 19.2 Å². The summed E-state index contributed by atoms with van der Waals surface area (Å²) in [6, 6.07) is 7.91.